The van der Waals surface area contributed by atoms with Gasteiger partial charge in [0, 0.05) is 30.2 Å². The van der Waals surface area contributed by atoms with Crippen LogP contribution >= 0.6 is 11.3 Å². The summed E-state index contributed by atoms with van der Waals surface area (Å²) in [4.78, 5) is 24.7. The van der Waals surface area contributed by atoms with Crippen LogP contribution in [0.2, 0.25) is 0 Å². The molecule has 0 N–H and O–H groups in total. The van der Waals surface area contributed by atoms with Gasteiger partial charge in [0.25, 0.3) is 0 Å². The van der Waals surface area contributed by atoms with Gasteiger partial charge in [0.15, 0.2) is 0 Å². The molecule has 0 bridgehead atoms. The maximum absolute atomic E-state index is 13.3. The molecule has 2 aromatic heterocycles. The highest BCUT2D eigenvalue weighted by Gasteiger charge is 2.47. The van der Waals surface area contributed by atoms with Crippen molar-refractivity contribution in [1.29, 1.82) is 0 Å². The first kappa shape index (κ1) is 15.6. The topological polar surface area (TPSA) is 55.3 Å². The van der Waals surface area contributed by atoms with Gasteiger partial charge in [-0.15, -0.1) is 11.3 Å². The van der Waals surface area contributed by atoms with Gasteiger partial charge in [0.05, 0.1) is 18.2 Å². The molecule has 4 rings (SSSR count). The highest BCUT2D eigenvalue weighted by atomic mass is 32.1. The molecule has 2 aliphatic rings. The lowest BCUT2D eigenvalue weighted by Crippen LogP contribution is -2.44. The lowest BCUT2D eigenvalue weighted by molar-refractivity contribution is -0.136. The maximum atomic E-state index is 13.3. The molecule has 1 unspecified atom stereocenters. The number of carbonyl (C=O) groups excluding carboxylic acids is 1. The minimum atomic E-state index is -0.296. The van der Waals surface area contributed by atoms with Crippen LogP contribution in [-0.2, 0) is 10.2 Å². The summed E-state index contributed by atoms with van der Waals surface area (Å²) in [5, 5.41) is 2.08. The van der Waals surface area contributed by atoms with E-state index in [0.717, 1.165) is 38.6 Å². The summed E-state index contributed by atoms with van der Waals surface area (Å²) in [6.07, 6.45) is 9.94. The number of rotatable bonds is 4. The minimum Gasteiger partial charge on any atom is -0.471 e. The molecule has 0 aromatic carbocycles. The number of hydrogen-bond acceptors (Lipinski definition) is 5. The highest BCUT2D eigenvalue weighted by molar-refractivity contribution is 7.10. The molecule has 5 nitrogen and oxygen atoms in total. The number of hydrogen-bond donors (Lipinski definition) is 0. The van der Waals surface area contributed by atoms with Gasteiger partial charge in [-0.2, -0.15) is 0 Å². The van der Waals surface area contributed by atoms with E-state index in [9.17, 15) is 4.79 Å². The van der Waals surface area contributed by atoms with Crippen molar-refractivity contribution in [1.82, 2.24) is 14.9 Å². The van der Waals surface area contributed by atoms with E-state index in [1.807, 2.05) is 4.90 Å². The van der Waals surface area contributed by atoms with Crippen molar-refractivity contribution in [2.45, 2.75) is 43.6 Å². The molecule has 2 aromatic rings. The smallest absolute Gasteiger partial charge is 0.234 e. The third-order valence-electron chi connectivity index (χ3n) is 5.12. The zero-order valence-corrected chi connectivity index (χ0v) is 14.4. The van der Waals surface area contributed by atoms with Crippen LogP contribution in [0.15, 0.2) is 36.1 Å². The average Bonchev–Trinajstić information content (AvgIpc) is 3.36. The molecule has 1 saturated carbocycles. The van der Waals surface area contributed by atoms with Gasteiger partial charge in [0.2, 0.25) is 11.8 Å². The van der Waals surface area contributed by atoms with Gasteiger partial charge >= 0.3 is 0 Å². The predicted octanol–water partition coefficient (Wildman–Crippen LogP) is 3.03. The average molecular weight is 343 g/mol. The lowest BCUT2D eigenvalue weighted by atomic mass is 9.83. The van der Waals surface area contributed by atoms with E-state index in [1.165, 1.54) is 4.88 Å². The zero-order chi connectivity index (χ0) is 16.4. The van der Waals surface area contributed by atoms with E-state index in [2.05, 4.69) is 27.5 Å². The number of likely N-dealkylation sites (tertiary alicyclic amines) is 1. The van der Waals surface area contributed by atoms with Crippen molar-refractivity contribution in [3.05, 3.63) is 41.0 Å². The first-order chi connectivity index (χ1) is 11.8. The van der Waals surface area contributed by atoms with Gasteiger partial charge in [-0.25, -0.2) is 4.98 Å². The fraction of sp³-hybridized carbons (Fsp3) is 0.500. The molecular formula is C18H21N3O2S. The van der Waals surface area contributed by atoms with Gasteiger partial charge in [-0.3, -0.25) is 9.78 Å². The molecule has 1 atom stereocenters. The summed E-state index contributed by atoms with van der Waals surface area (Å²) in [5.74, 6) is 0.818. The Bertz CT molecular complexity index is 684. The molecule has 3 heterocycles. The summed E-state index contributed by atoms with van der Waals surface area (Å²) >= 11 is 1.71. The maximum Gasteiger partial charge on any atom is 0.234 e. The van der Waals surface area contributed by atoms with Crippen LogP contribution in [0.5, 0.6) is 5.88 Å². The Morgan fingerprint density at radius 1 is 1.33 bits per heavy atom. The molecule has 1 aliphatic heterocycles. The van der Waals surface area contributed by atoms with Gasteiger partial charge in [-0.05, 0) is 24.3 Å². The Kier molecular flexibility index (Phi) is 4.22. The molecule has 1 aliphatic carbocycles. The van der Waals surface area contributed by atoms with E-state index >= 15 is 0 Å². The quantitative estimate of drug-likeness (QED) is 0.856. The van der Waals surface area contributed by atoms with E-state index in [1.54, 1.807) is 29.9 Å². The van der Waals surface area contributed by atoms with E-state index in [-0.39, 0.29) is 17.4 Å². The lowest BCUT2D eigenvalue weighted by Gasteiger charge is -2.31. The largest absolute Gasteiger partial charge is 0.471 e. The normalized spacial score (nSPS) is 22.7. The van der Waals surface area contributed by atoms with Crippen LogP contribution in [0.3, 0.4) is 0 Å². The number of nitrogens with zero attached hydrogens (tertiary/aromatic N) is 3. The Morgan fingerprint density at radius 2 is 2.21 bits per heavy atom. The monoisotopic (exact) mass is 343 g/mol. The number of carbonyl (C=O) groups is 1. The number of amides is 1. The Hall–Kier alpha value is -1.95. The molecule has 0 radical (unpaired) electrons. The highest BCUT2D eigenvalue weighted by Crippen LogP contribution is 2.45. The van der Waals surface area contributed by atoms with E-state index < -0.39 is 0 Å². The fourth-order valence-corrected chi connectivity index (χ4v) is 4.90. The Morgan fingerprint density at radius 3 is 2.92 bits per heavy atom. The number of ether oxygens (including phenoxy) is 1. The molecule has 0 spiro atoms. The van der Waals surface area contributed by atoms with Crippen molar-refractivity contribution in [3.63, 3.8) is 0 Å². The third kappa shape index (κ3) is 2.79. The minimum absolute atomic E-state index is 0.00689. The SMILES string of the molecule is O=C(N1CCC(Oc2cnccn2)C1)C1(c2cccs2)CCCC1. The molecular weight excluding hydrogens is 322 g/mol. The molecule has 6 heteroatoms. The number of thiophene rings is 1. The molecule has 2 fully saturated rings. The summed E-state index contributed by atoms with van der Waals surface area (Å²) in [5.41, 5.74) is -0.296. The zero-order valence-electron chi connectivity index (χ0n) is 13.6. The van der Waals surface area contributed by atoms with Gasteiger partial charge in [0.1, 0.15) is 6.10 Å². The van der Waals surface area contributed by atoms with Crippen LogP contribution in [0.4, 0.5) is 0 Å². The van der Waals surface area contributed by atoms with Gasteiger partial charge in [-0.1, -0.05) is 18.9 Å². The van der Waals surface area contributed by atoms with Gasteiger partial charge < -0.3 is 9.64 Å². The van der Waals surface area contributed by atoms with Crippen molar-refractivity contribution < 1.29 is 9.53 Å². The Labute approximate surface area is 145 Å². The Balaban J connectivity index is 1.47. The van der Waals surface area contributed by atoms with Crippen molar-refractivity contribution in [2.24, 2.45) is 0 Å². The molecule has 24 heavy (non-hydrogen) atoms. The van der Waals surface area contributed by atoms with Crippen molar-refractivity contribution in [2.75, 3.05) is 13.1 Å². The molecule has 1 saturated heterocycles. The van der Waals surface area contributed by atoms with Crippen LogP contribution in [0.1, 0.15) is 37.0 Å². The number of aromatic nitrogens is 2. The van der Waals surface area contributed by atoms with E-state index in [4.69, 9.17) is 4.74 Å². The summed E-state index contributed by atoms with van der Waals surface area (Å²) in [6.45, 7) is 1.40. The van der Waals surface area contributed by atoms with Crippen LogP contribution < -0.4 is 4.74 Å². The second-order valence-corrected chi connectivity index (χ2v) is 7.54. The fourth-order valence-electron chi connectivity index (χ4n) is 3.92. The standard InChI is InChI=1S/C18H21N3O2S/c22-17(18(6-1-2-7-18)15-4-3-11-24-15)21-10-5-14(13-21)23-16-12-19-8-9-20-16/h3-4,8-9,11-12,14H,1-2,5-7,10,13H2. The molecule has 126 valence electrons. The van der Waals surface area contributed by atoms with Crippen LogP contribution in [0.25, 0.3) is 0 Å². The predicted molar refractivity (Wildman–Crippen MR) is 92.1 cm³/mol. The summed E-state index contributed by atoms with van der Waals surface area (Å²) in [6, 6.07) is 4.18. The van der Waals surface area contributed by atoms with Crippen molar-refractivity contribution >= 4 is 17.2 Å². The van der Waals surface area contributed by atoms with E-state index in [0.29, 0.717) is 12.4 Å². The first-order valence-electron chi connectivity index (χ1n) is 8.54. The van der Waals surface area contributed by atoms with Crippen LogP contribution in [-0.4, -0.2) is 40.0 Å². The second-order valence-electron chi connectivity index (χ2n) is 6.59. The summed E-state index contributed by atoms with van der Waals surface area (Å²) < 4.78 is 5.88. The van der Waals surface area contributed by atoms with Crippen molar-refractivity contribution in [3.8, 4) is 5.88 Å². The molecule has 1 amide bonds. The summed E-state index contributed by atoms with van der Waals surface area (Å²) in [7, 11) is 0. The first-order valence-corrected chi connectivity index (χ1v) is 9.42. The van der Waals surface area contributed by atoms with Crippen LogP contribution in [0, 0.1) is 0 Å². The third-order valence-corrected chi connectivity index (χ3v) is 6.19. The second kappa shape index (κ2) is 6.51.